The molecule has 0 saturated carbocycles. The maximum Gasteiger partial charge on any atom is 0.188 e. The molecule has 3 aromatic carbocycles. The van der Waals surface area contributed by atoms with Crippen LogP contribution in [0.1, 0.15) is 42.4 Å². The Kier molecular flexibility index (Phi) is 9.56. The minimum Gasteiger partial charge on any atom is -0.494 e. The standard InChI is InChI=1S/C30H35ClO6/c1-30(23-9-11-24(12-10-23)36-20-32-2)19-35-28-18-26(37-21-33-3)13-14-27(28)29(30)22-7-6-8-25(17-22)34-16-5-4-15-31/h6-14,17-18,29H,4-5,15-16,19-21H2,1-3H3. The first-order valence-corrected chi connectivity index (χ1v) is 13.0. The molecule has 0 fully saturated rings. The van der Waals surface area contributed by atoms with Crippen LogP contribution in [0, 0.1) is 0 Å². The second-order valence-corrected chi connectivity index (χ2v) is 9.66. The van der Waals surface area contributed by atoms with Gasteiger partial charge >= 0.3 is 0 Å². The molecule has 0 aliphatic carbocycles. The van der Waals surface area contributed by atoms with Gasteiger partial charge in [0.1, 0.15) is 23.0 Å². The topological polar surface area (TPSA) is 55.4 Å². The van der Waals surface area contributed by atoms with Gasteiger partial charge in [0.25, 0.3) is 0 Å². The van der Waals surface area contributed by atoms with E-state index in [0.717, 1.165) is 46.8 Å². The molecule has 198 valence electrons. The Morgan fingerprint density at radius 3 is 2.27 bits per heavy atom. The van der Waals surface area contributed by atoms with E-state index in [9.17, 15) is 0 Å². The summed E-state index contributed by atoms with van der Waals surface area (Å²) in [4.78, 5) is 0. The maximum atomic E-state index is 6.37. The number of unbranched alkanes of at least 4 members (excludes halogenated alkanes) is 1. The Morgan fingerprint density at radius 1 is 0.838 bits per heavy atom. The lowest BCUT2D eigenvalue weighted by Gasteiger charge is -2.43. The van der Waals surface area contributed by atoms with Crippen LogP contribution in [0.25, 0.3) is 0 Å². The van der Waals surface area contributed by atoms with Crippen molar-refractivity contribution in [1.29, 1.82) is 0 Å². The smallest absolute Gasteiger partial charge is 0.188 e. The fourth-order valence-corrected chi connectivity index (χ4v) is 4.96. The van der Waals surface area contributed by atoms with Gasteiger partial charge in [-0.05, 0) is 54.3 Å². The molecule has 6 nitrogen and oxygen atoms in total. The van der Waals surface area contributed by atoms with Crippen molar-refractivity contribution < 1.29 is 28.4 Å². The summed E-state index contributed by atoms with van der Waals surface area (Å²) < 4.78 is 33.8. The van der Waals surface area contributed by atoms with Crippen LogP contribution < -0.4 is 18.9 Å². The zero-order valence-electron chi connectivity index (χ0n) is 21.7. The molecule has 0 saturated heterocycles. The van der Waals surface area contributed by atoms with Crippen molar-refractivity contribution in [1.82, 2.24) is 0 Å². The van der Waals surface area contributed by atoms with Gasteiger partial charge < -0.3 is 28.4 Å². The average Bonchev–Trinajstić information content (AvgIpc) is 2.93. The van der Waals surface area contributed by atoms with Crippen LogP contribution in [-0.4, -0.2) is 46.9 Å². The van der Waals surface area contributed by atoms with E-state index < -0.39 is 0 Å². The molecule has 7 heteroatoms. The number of benzene rings is 3. The van der Waals surface area contributed by atoms with E-state index in [4.69, 9.17) is 40.0 Å². The Bertz CT molecular complexity index is 1140. The largest absolute Gasteiger partial charge is 0.494 e. The predicted octanol–water partition coefficient (Wildman–Crippen LogP) is 6.53. The van der Waals surface area contributed by atoms with Gasteiger partial charge in [0.05, 0.1) is 13.2 Å². The molecule has 0 N–H and O–H groups in total. The molecule has 0 bridgehead atoms. The summed E-state index contributed by atoms with van der Waals surface area (Å²) >= 11 is 5.82. The highest BCUT2D eigenvalue weighted by atomic mass is 35.5. The molecule has 1 aliphatic rings. The minimum absolute atomic E-state index is 0.0184. The molecule has 0 aromatic heterocycles. The van der Waals surface area contributed by atoms with E-state index in [1.807, 2.05) is 30.3 Å². The molecule has 2 unspecified atom stereocenters. The Balaban J connectivity index is 1.71. The monoisotopic (exact) mass is 526 g/mol. The molecule has 1 aliphatic heterocycles. The van der Waals surface area contributed by atoms with Crippen LogP contribution in [0.15, 0.2) is 66.7 Å². The lowest BCUT2D eigenvalue weighted by Crippen LogP contribution is -2.41. The number of alkyl halides is 1. The summed E-state index contributed by atoms with van der Waals surface area (Å²) in [5.41, 5.74) is 3.06. The summed E-state index contributed by atoms with van der Waals surface area (Å²) in [7, 11) is 3.21. The molecule has 0 spiro atoms. The van der Waals surface area contributed by atoms with Crippen LogP contribution in [-0.2, 0) is 14.9 Å². The summed E-state index contributed by atoms with van der Waals surface area (Å²) in [6.45, 7) is 3.77. The number of halogens is 1. The van der Waals surface area contributed by atoms with Crippen molar-refractivity contribution in [3.8, 4) is 23.0 Å². The van der Waals surface area contributed by atoms with E-state index >= 15 is 0 Å². The van der Waals surface area contributed by atoms with Crippen LogP contribution in [0.3, 0.4) is 0 Å². The van der Waals surface area contributed by atoms with Gasteiger partial charge in [0, 0.05) is 43.1 Å². The Hall–Kier alpha value is -2.93. The molecule has 0 amide bonds. The van der Waals surface area contributed by atoms with E-state index in [0.29, 0.717) is 24.8 Å². The number of hydrogen-bond acceptors (Lipinski definition) is 6. The normalized spacial score (nSPS) is 18.5. The maximum absolute atomic E-state index is 6.37. The molecular formula is C30H35ClO6. The Morgan fingerprint density at radius 2 is 1.54 bits per heavy atom. The SMILES string of the molecule is COCOc1ccc(C2(C)COc3cc(OCOC)ccc3C2c2cccc(OCCCCCl)c2)cc1. The summed E-state index contributed by atoms with van der Waals surface area (Å²) in [6.07, 6.45) is 1.86. The van der Waals surface area contributed by atoms with Crippen molar-refractivity contribution in [2.45, 2.75) is 31.1 Å². The van der Waals surface area contributed by atoms with Crippen molar-refractivity contribution in [2.24, 2.45) is 0 Å². The van der Waals surface area contributed by atoms with Crippen molar-refractivity contribution in [3.05, 3.63) is 83.4 Å². The number of ether oxygens (including phenoxy) is 6. The van der Waals surface area contributed by atoms with Crippen LogP contribution in [0.4, 0.5) is 0 Å². The zero-order valence-corrected chi connectivity index (χ0v) is 22.5. The third-order valence-corrected chi connectivity index (χ3v) is 6.92. The quantitative estimate of drug-likeness (QED) is 0.143. The predicted molar refractivity (Wildman–Crippen MR) is 144 cm³/mol. The molecule has 3 aromatic rings. The van der Waals surface area contributed by atoms with Crippen molar-refractivity contribution in [3.63, 3.8) is 0 Å². The van der Waals surface area contributed by atoms with Gasteiger partial charge in [-0.2, -0.15) is 0 Å². The lowest BCUT2D eigenvalue weighted by molar-refractivity contribution is 0.0505. The van der Waals surface area contributed by atoms with Gasteiger partial charge in [-0.3, -0.25) is 0 Å². The Labute approximate surface area is 224 Å². The molecule has 2 atom stereocenters. The highest BCUT2D eigenvalue weighted by molar-refractivity contribution is 6.17. The molecule has 1 heterocycles. The van der Waals surface area contributed by atoms with E-state index in [1.165, 1.54) is 0 Å². The van der Waals surface area contributed by atoms with Gasteiger partial charge in [-0.25, -0.2) is 0 Å². The van der Waals surface area contributed by atoms with E-state index in [2.05, 4.69) is 43.3 Å². The fraction of sp³-hybridized carbons (Fsp3) is 0.400. The zero-order chi connectivity index (χ0) is 26.1. The molecular weight excluding hydrogens is 492 g/mol. The molecule has 4 rings (SSSR count). The first-order valence-electron chi connectivity index (χ1n) is 12.5. The second-order valence-electron chi connectivity index (χ2n) is 9.28. The number of rotatable bonds is 13. The first kappa shape index (κ1) is 27.1. The minimum atomic E-state index is -0.348. The average molecular weight is 527 g/mol. The number of methoxy groups -OCH3 is 2. The third kappa shape index (κ3) is 6.50. The second kappa shape index (κ2) is 13.0. The lowest BCUT2D eigenvalue weighted by atomic mass is 9.65. The van der Waals surface area contributed by atoms with Gasteiger partial charge in [-0.1, -0.05) is 37.3 Å². The van der Waals surface area contributed by atoms with Gasteiger partial charge in [0.2, 0.25) is 0 Å². The van der Waals surface area contributed by atoms with Gasteiger partial charge in [-0.15, -0.1) is 11.6 Å². The van der Waals surface area contributed by atoms with Crippen LogP contribution in [0.2, 0.25) is 0 Å². The van der Waals surface area contributed by atoms with E-state index in [1.54, 1.807) is 14.2 Å². The van der Waals surface area contributed by atoms with Gasteiger partial charge in [0.15, 0.2) is 13.6 Å². The number of fused-ring (bicyclic) bond motifs is 1. The fourth-order valence-electron chi connectivity index (χ4n) is 4.78. The van der Waals surface area contributed by atoms with Crippen LogP contribution >= 0.6 is 11.6 Å². The molecule has 0 radical (unpaired) electrons. The first-order chi connectivity index (χ1) is 18.1. The van der Waals surface area contributed by atoms with E-state index in [-0.39, 0.29) is 24.9 Å². The summed E-state index contributed by atoms with van der Waals surface area (Å²) in [5.74, 6) is 3.79. The van der Waals surface area contributed by atoms with Crippen LogP contribution in [0.5, 0.6) is 23.0 Å². The number of hydrogen-bond donors (Lipinski definition) is 0. The van der Waals surface area contributed by atoms with Crippen molar-refractivity contribution >= 4 is 11.6 Å². The van der Waals surface area contributed by atoms with Crippen molar-refractivity contribution in [2.75, 3.05) is 46.9 Å². The summed E-state index contributed by atoms with van der Waals surface area (Å²) in [5, 5.41) is 0. The highest BCUT2D eigenvalue weighted by Crippen LogP contribution is 2.51. The highest BCUT2D eigenvalue weighted by Gasteiger charge is 2.43. The third-order valence-electron chi connectivity index (χ3n) is 6.65. The summed E-state index contributed by atoms with van der Waals surface area (Å²) in [6, 6.07) is 22.5. The molecule has 37 heavy (non-hydrogen) atoms.